The van der Waals surface area contributed by atoms with Gasteiger partial charge in [0.05, 0.1) is 17.4 Å². The Balaban J connectivity index is 2.22. The second-order valence-corrected chi connectivity index (χ2v) is 10.0. The molecule has 0 bridgehead atoms. The molecule has 6 N–H and O–H groups in total. The molecule has 0 fully saturated rings. The number of anilines is 3. The molecular weight excluding hydrogens is 442 g/mol. The van der Waals surface area contributed by atoms with Crippen LogP contribution in [-0.4, -0.2) is 30.2 Å². The van der Waals surface area contributed by atoms with E-state index in [2.05, 4.69) is 9.97 Å². The Hall–Kier alpha value is -3.53. The van der Waals surface area contributed by atoms with Gasteiger partial charge in [-0.15, -0.1) is 0 Å². The van der Waals surface area contributed by atoms with Crippen molar-refractivity contribution in [2.45, 2.75) is 39.4 Å². The molecule has 0 radical (unpaired) electrons. The summed E-state index contributed by atoms with van der Waals surface area (Å²) >= 11 is 0. The molecule has 9 nitrogen and oxygen atoms in total. The maximum atomic E-state index is 12.7. The van der Waals surface area contributed by atoms with E-state index in [1.165, 1.54) is 0 Å². The molecule has 0 atom stereocenters. The van der Waals surface area contributed by atoms with Gasteiger partial charge in [0.25, 0.3) is 0 Å². The summed E-state index contributed by atoms with van der Waals surface area (Å²) in [5.74, 6) is 0.954. The average Bonchev–Trinajstić information content (AvgIpc) is 2.72. The summed E-state index contributed by atoms with van der Waals surface area (Å²) in [5, 5.41) is -0.737. The van der Waals surface area contributed by atoms with Gasteiger partial charge in [-0.05, 0) is 68.7 Å². The van der Waals surface area contributed by atoms with Crippen molar-refractivity contribution in [1.82, 2.24) is 9.97 Å². The van der Waals surface area contributed by atoms with E-state index in [4.69, 9.17) is 26.1 Å². The average molecular weight is 472 g/mol. The Bertz CT molecular complexity index is 1280. The molecule has 0 unspecified atom stereocenters. The number of benzene rings is 2. The van der Waals surface area contributed by atoms with E-state index in [1.807, 2.05) is 26.0 Å². The SMILES string of the molecule is CCOc1cc(Cc2cnc(N)nc2N)cc(OS(=O)(=O)C(C)C)c1-c1ccc(N)c(C)c1. The van der Waals surface area contributed by atoms with Gasteiger partial charge in [0.15, 0.2) is 5.75 Å². The molecule has 176 valence electrons. The second kappa shape index (κ2) is 9.53. The summed E-state index contributed by atoms with van der Waals surface area (Å²) in [6.45, 7) is 7.21. The van der Waals surface area contributed by atoms with Gasteiger partial charge < -0.3 is 26.1 Å². The van der Waals surface area contributed by atoms with Crippen molar-refractivity contribution in [3.8, 4) is 22.6 Å². The number of ether oxygens (including phenoxy) is 1. The topological polar surface area (TPSA) is 156 Å². The third kappa shape index (κ3) is 5.46. The lowest BCUT2D eigenvalue weighted by molar-refractivity contribution is 0.340. The Kier molecular flexibility index (Phi) is 6.97. The van der Waals surface area contributed by atoms with E-state index >= 15 is 0 Å². The highest BCUT2D eigenvalue weighted by Gasteiger charge is 2.24. The molecular formula is C23H29N5O4S. The minimum atomic E-state index is -3.88. The fourth-order valence-corrected chi connectivity index (χ4v) is 3.78. The van der Waals surface area contributed by atoms with Gasteiger partial charge in [-0.3, -0.25) is 0 Å². The molecule has 0 aliphatic rings. The van der Waals surface area contributed by atoms with Crippen LogP contribution in [0.1, 0.15) is 37.5 Å². The maximum Gasteiger partial charge on any atom is 0.311 e. The number of aromatic nitrogens is 2. The first-order valence-corrected chi connectivity index (χ1v) is 11.9. The van der Waals surface area contributed by atoms with Crippen LogP contribution in [0.3, 0.4) is 0 Å². The van der Waals surface area contributed by atoms with Crippen LogP contribution < -0.4 is 26.1 Å². The van der Waals surface area contributed by atoms with Crippen molar-refractivity contribution in [3.63, 3.8) is 0 Å². The zero-order chi connectivity index (χ0) is 24.3. The summed E-state index contributed by atoms with van der Waals surface area (Å²) in [6.07, 6.45) is 1.87. The molecule has 33 heavy (non-hydrogen) atoms. The highest BCUT2D eigenvalue weighted by molar-refractivity contribution is 7.87. The van der Waals surface area contributed by atoms with Crippen molar-refractivity contribution in [3.05, 3.63) is 53.2 Å². The predicted molar refractivity (Wildman–Crippen MR) is 131 cm³/mol. The predicted octanol–water partition coefficient (Wildman–Crippen LogP) is 3.31. The van der Waals surface area contributed by atoms with Gasteiger partial charge in [-0.1, -0.05) is 6.07 Å². The number of nitrogen functional groups attached to an aromatic ring is 3. The minimum absolute atomic E-state index is 0.0763. The van der Waals surface area contributed by atoms with Crippen molar-refractivity contribution in [1.29, 1.82) is 0 Å². The van der Waals surface area contributed by atoms with Crippen LogP contribution in [0.5, 0.6) is 11.5 Å². The quantitative estimate of drug-likeness (QED) is 0.331. The molecule has 2 aromatic carbocycles. The van der Waals surface area contributed by atoms with Crippen LogP contribution in [-0.2, 0) is 16.5 Å². The number of nitrogens with zero attached hydrogens (tertiary/aromatic N) is 2. The molecule has 1 heterocycles. The fraction of sp³-hybridized carbons (Fsp3) is 0.304. The number of hydrogen-bond acceptors (Lipinski definition) is 9. The second-order valence-electron chi connectivity index (χ2n) is 7.91. The van der Waals surface area contributed by atoms with Gasteiger partial charge in [0, 0.05) is 23.9 Å². The van der Waals surface area contributed by atoms with E-state index in [-0.39, 0.29) is 17.5 Å². The third-order valence-corrected chi connectivity index (χ3v) is 6.65. The number of hydrogen-bond donors (Lipinski definition) is 3. The first kappa shape index (κ1) is 24.1. The zero-order valence-electron chi connectivity index (χ0n) is 19.1. The normalized spacial score (nSPS) is 11.5. The van der Waals surface area contributed by atoms with E-state index in [0.717, 1.165) is 11.1 Å². The Morgan fingerprint density at radius 2 is 1.76 bits per heavy atom. The molecule has 0 aliphatic heterocycles. The first-order chi connectivity index (χ1) is 15.5. The molecule has 0 saturated carbocycles. The fourth-order valence-electron chi connectivity index (χ4n) is 3.21. The lowest BCUT2D eigenvalue weighted by Gasteiger charge is -2.19. The van der Waals surface area contributed by atoms with Gasteiger partial charge in [-0.2, -0.15) is 13.4 Å². The largest absolute Gasteiger partial charge is 0.493 e. The van der Waals surface area contributed by atoms with Gasteiger partial charge in [-0.25, -0.2) is 4.98 Å². The van der Waals surface area contributed by atoms with E-state index in [9.17, 15) is 8.42 Å². The lowest BCUT2D eigenvalue weighted by atomic mass is 9.97. The molecule has 3 aromatic rings. The lowest BCUT2D eigenvalue weighted by Crippen LogP contribution is -2.20. The van der Waals surface area contributed by atoms with E-state index < -0.39 is 15.4 Å². The Labute approximate surface area is 194 Å². The molecule has 0 aliphatic carbocycles. The number of rotatable bonds is 8. The highest BCUT2D eigenvalue weighted by Crippen LogP contribution is 2.42. The molecule has 1 aromatic heterocycles. The van der Waals surface area contributed by atoms with Crippen molar-refractivity contribution in [2.75, 3.05) is 23.8 Å². The van der Waals surface area contributed by atoms with Crippen LogP contribution in [0, 0.1) is 6.92 Å². The van der Waals surface area contributed by atoms with Crippen LogP contribution in [0.2, 0.25) is 0 Å². The first-order valence-electron chi connectivity index (χ1n) is 10.5. The molecule has 0 spiro atoms. The Morgan fingerprint density at radius 1 is 1.06 bits per heavy atom. The van der Waals surface area contributed by atoms with Crippen LogP contribution in [0.25, 0.3) is 11.1 Å². The standard InChI is InChI=1S/C23H29N5O4S/c1-5-31-19-10-15(9-17-12-27-23(26)28-22(17)25)11-20(32-33(29,30)13(2)3)21(19)16-6-7-18(24)14(4)8-16/h6-8,10-13H,5,9,24H2,1-4H3,(H4,25,26,27,28). The number of aryl methyl sites for hydroxylation is 1. The van der Waals surface area contributed by atoms with E-state index in [1.54, 1.807) is 38.2 Å². The molecule has 3 rings (SSSR count). The highest BCUT2D eigenvalue weighted by atomic mass is 32.2. The summed E-state index contributed by atoms with van der Waals surface area (Å²) in [7, 11) is -3.88. The van der Waals surface area contributed by atoms with Crippen LogP contribution in [0.15, 0.2) is 36.5 Å². The monoisotopic (exact) mass is 471 g/mol. The smallest absolute Gasteiger partial charge is 0.311 e. The van der Waals surface area contributed by atoms with Crippen molar-refractivity contribution >= 4 is 27.6 Å². The summed E-state index contributed by atoms with van der Waals surface area (Å²) in [4.78, 5) is 7.99. The van der Waals surface area contributed by atoms with Gasteiger partial charge in [0.2, 0.25) is 5.95 Å². The van der Waals surface area contributed by atoms with Crippen molar-refractivity contribution < 1.29 is 17.3 Å². The van der Waals surface area contributed by atoms with E-state index in [0.29, 0.717) is 41.2 Å². The third-order valence-electron chi connectivity index (χ3n) is 5.08. The number of nitrogens with two attached hydrogens (primary N) is 3. The zero-order valence-corrected chi connectivity index (χ0v) is 19.9. The van der Waals surface area contributed by atoms with Crippen LogP contribution in [0.4, 0.5) is 17.5 Å². The molecule has 0 amide bonds. The summed E-state index contributed by atoms with van der Waals surface area (Å²) in [5.41, 5.74) is 21.7. The van der Waals surface area contributed by atoms with Gasteiger partial charge >= 0.3 is 10.1 Å². The van der Waals surface area contributed by atoms with Crippen LogP contribution >= 0.6 is 0 Å². The van der Waals surface area contributed by atoms with Crippen molar-refractivity contribution in [2.24, 2.45) is 0 Å². The van der Waals surface area contributed by atoms with Gasteiger partial charge in [0.1, 0.15) is 11.6 Å². The molecule has 10 heteroatoms. The summed E-state index contributed by atoms with van der Waals surface area (Å²) < 4.78 is 36.9. The molecule has 0 saturated heterocycles. The maximum absolute atomic E-state index is 12.7. The summed E-state index contributed by atoms with van der Waals surface area (Å²) in [6, 6.07) is 8.93. The minimum Gasteiger partial charge on any atom is -0.493 e. The Morgan fingerprint density at radius 3 is 2.36 bits per heavy atom.